The molecule has 4 heteroatoms. The van der Waals surface area contributed by atoms with Gasteiger partial charge in [-0.05, 0) is 68.8 Å². The second-order valence-corrected chi connectivity index (χ2v) is 6.73. The van der Waals surface area contributed by atoms with Crippen LogP contribution in [0.5, 0.6) is 0 Å². The number of amides is 1. The Kier molecular flexibility index (Phi) is 4.51. The standard InChI is InChI=1S/C17H23ClN2O/c1-12-11-14(18)4-5-15(12)17(21)20-9-6-13(7-10-20)16-3-2-8-19-16/h4-5,11,13,16,19H,2-3,6-10H2,1H3. The van der Waals surface area contributed by atoms with Gasteiger partial charge in [0.05, 0.1) is 0 Å². The Labute approximate surface area is 131 Å². The van der Waals surface area contributed by atoms with Crippen molar-refractivity contribution in [3.8, 4) is 0 Å². The van der Waals surface area contributed by atoms with Crippen molar-refractivity contribution in [2.75, 3.05) is 19.6 Å². The van der Waals surface area contributed by atoms with E-state index in [1.807, 2.05) is 24.0 Å². The van der Waals surface area contributed by atoms with Crippen molar-refractivity contribution in [1.29, 1.82) is 0 Å². The highest BCUT2D eigenvalue weighted by molar-refractivity contribution is 6.30. The summed E-state index contributed by atoms with van der Waals surface area (Å²) < 4.78 is 0. The Bertz CT molecular complexity index is 518. The summed E-state index contributed by atoms with van der Waals surface area (Å²) in [6, 6.07) is 6.20. The molecule has 2 aliphatic heterocycles. The molecule has 0 saturated carbocycles. The first kappa shape index (κ1) is 14.9. The Morgan fingerprint density at radius 3 is 2.67 bits per heavy atom. The number of piperidine rings is 1. The van der Waals surface area contributed by atoms with Crippen LogP contribution in [-0.4, -0.2) is 36.5 Å². The van der Waals surface area contributed by atoms with Crippen molar-refractivity contribution >= 4 is 17.5 Å². The zero-order valence-electron chi connectivity index (χ0n) is 12.6. The maximum Gasteiger partial charge on any atom is 0.254 e. The van der Waals surface area contributed by atoms with Gasteiger partial charge in [0.2, 0.25) is 0 Å². The van der Waals surface area contributed by atoms with Crippen molar-refractivity contribution < 1.29 is 4.79 Å². The second-order valence-electron chi connectivity index (χ2n) is 6.29. The number of likely N-dealkylation sites (tertiary alicyclic amines) is 1. The van der Waals surface area contributed by atoms with E-state index in [9.17, 15) is 4.79 Å². The number of aryl methyl sites for hydroxylation is 1. The van der Waals surface area contributed by atoms with Crippen molar-refractivity contribution in [2.45, 2.75) is 38.6 Å². The van der Waals surface area contributed by atoms with E-state index in [0.717, 1.165) is 49.5 Å². The van der Waals surface area contributed by atoms with Crippen LogP contribution in [0.3, 0.4) is 0 Å². The molecule has 1 unspecified atom stereocenters. The largest absolute Gasteiger partial charge is 0.339 e. The number of hydrogen-bond acceptors (Lipinski definition) is 2. The predicted octanol–water partition coefficient (Wildman–Crippen LogP) is 3.25. The van der Waals surface area contributed by atoms with Gasteiger partial charge >= 0.3 is 0 Å². The normalized spacial score (nSPS) is 23.5. The summed E-state index contributed by atoms with van der Waals surface area (Å²) in [6.07, 6.45) is 4.84. The van der Waals surface area contributed by atoms with Crippen LogP contribution in [0.25, 0.3) is 0 Å². The van der Waals surface area contributed by atoms with Crippen molar-refractivity contribution in [3.05, 3.63) is 34.3 Å². The Morgan fingerprint density at radius 2 is 2.05 bits per heavy atom. The van der Waals surface area contributed by atoms with Crippen LogP contribution in [0, 0.1) is 12.8 Å². The van der Waals surface area contributed by atoms with Gasteiger partial charge in [-0.25, -0.2) is 0 Å². The van der Waals surface area contributed by atoms with E-state index in [4.69, 9.17) is 11.6 Å². The topological polar surface area (TPSA) is 32.3 Å². The lowest BCUT2D eigenvalue weighted by atomic mass is 9.88. The SMILES string of the molecule is Cc1cc(Cl)ccc1C(=O)N1CCC(C2CCCN2)CC1. The van der Waals surface area contributed by atoms with E-state index in [1.54, 1.807) is 6.07 Å². The van der Waals surface area contributed by atoms with Gasteiger partial charge in [0, 0.05) is 29.7 Å². The van der Waals surface area contributed by atoms with Crippen LogP contribution < -0.4 is 5.32 Å². The molecule has 21 heavy (non-hydrogen) atoms. The molecule has 2 heterocycles. The summed E-state index contributed by atoms with van der Waals surface area (Å²) in [7, 11) is 0. The molecule has 0 spiro atoms. The fourth-order valence-electron chi connectivity index (χ4n) is 3.66. The van der Waals surface area contributed by atoms with Gasteiger partial charge in [-0.2, -0.15) is 0 Å². The van der Waals surface area contributed by atoms with E-state index in [0.29, 0.717) is 11.1 Å². The first-order valence-electron chi connectivity index (χ1n) is 7.94. The molecule has 1 amide bonds. The molecule has 2 fully saturated rings. The average Bonchev–Trinajstić information content (AvgIpc) is 3.01. The van der Waals surface area contributed by atoms with Crippen molar-refractivity contribution in [2.24, 2.45) is 5.92 Å². The molecule has 1 atom stereocenters. The molecule has 2 saturated heterocycles. The van der Waals surface area contributed by atoms with Gasteiger partial charge in [-0.3, -0.25) is 4.79 Å². The summed E-state index contributed by atoms with van der Waals surface area (Å²) in [5.41, 5.74) is 1.75. The van der Waals surface area contributed by atoms with Crippen LogP contribution in [-0.2, 0) is 0 Å². The molecule has 1 N–H and O–H groups in total. The average molecular weight is 307 g/mol. The lowest BCUT2D eigenvalue weighted by molar-refractivity contribution is 0.0673. The number of hydrogen-bond donors (Lipinski definition) is 1. The van der Waals surface area contributed by atoms with E-state index in [1.165, 1.54) is 12.8 Å². The van der Waals surface area contributed by atoms with E-state index >= 15 is 0 Å². The fraction of sp³-hybridized carbons (Fsp3) is 0.588. The molecule has 0 aromatic heterocycles. The lowest BCUT2D eigenvalue weighted by Gasteiger charge is -2.35. The molecule has 1 aromatic rings. The summed E-state index contributed by atoms with van der Waals surface area (Å²) in [5, 5.41) is 4.29. The third kappa shape index (κ3) is 3.24. The molecule has 0 radical (unpaired) electrons. The Balaban J connectivity index is 1.62. The molecular weight excluding hydrogens is 284 g/mol. The first-order chi connectivity index (χ1) is 10.1. The van der Waals surface area contributed by atoms with Gasteiger partial charge in [0.25, 0.3) is 5.91 Å². The Hall–Kier alpha value is -1.06. The summed E-state index contributed by atoms with van der Waals surface area (Å²) >= 11 is 5.97. The van der Waals surface area contributed by atoms with Crippen molar-refractivity contribution in [1.82, 2.24) is 10.2 Å². The predicted molar refractivity (Wildman–Crippen MR) is 85.8 cm³/mol. The minimum absolute atomic E-state index is 0.155. The summed E-state index contributed by atoms with van der Waals surface area (Å²) in [5.74, 6) is 0.893. The van der Waals surface area contributed by atoms with Gasteiger partial charge < -0.3 is 10.2 Å². The van der Waals surface area contributed by atoms with Gasteiger partial charge in [0.15, 0.2) is 0 Å². The Morgan fingerprint density at radius 1 is 1.29 bits per heavy atom. The number of rotatable bonds is 2. The molecule has 0 aliphatic carbocycles. The second kappa shape index (κ2) is 6.37. The number of nitrogens with zero attached hydrogens (tertiary/aromatic N) is 1. The zero-order valence-corrected chi connectivity index (χ0v) is 13.3. The van der Waals surface area contributed by atoms with E-state index < -0.39 is 0 Å². The third-order valence-electron chi connectivity index (χ3n) is 4.91. The van der Waals surface area contributed by atoms with Gasteiger partial charge in [-0.1, -0.05) is 11.6 Å². The van der Waals surface area contributed by atoms with Gasteiger partial charge in [-0.15, -0.1) is 0 Å². The number of carbonyl (C=O) groups excluding carboxylic acids is 1. The summed E-state index contributed by atoms with van der Waals surface area (Å²) in [4.78, 5) is 14.6. The number of benzene rings is 1. The maximum atomic E-state index is 12.6. The molecule has 114 valence electrons. The van der Waals surface area contributed by atoms with Crippen LogP contribution in [0.4, 0.5) is 0 Å². The number of halogens is 1. The minimum Gasteiger partial charge on any atom is -0.339 e. The quantitative estimate of drug-likeness (QED) is 0.909. The monoisotopic (exact) mass is 306 g/mol. The van der Waals surface area contributed by atoms with Gasteiger partial charge in [0.1, 0.15) is 0 Å². The van der Waals surface area contributed by atoms with Crippen LogP contribution in [0.1, 0.15) is 41.6 Å². The smallest absolute Gasteiger partial charge is 0.254 e. The highest BCUT2D eigenvalue weighted by Crippen LogP contribution is 2.27. The van der Waals surface area contributed by atoms with Crippen LogP contribution in [0.15, 0.2) is 18.2 Å². The van der Waals surface area contributed by atoms with Crippen LogP contribution in [0.2, 0.25) is 5.02 Å². The zero-order chi connectivity index (χ0) is 14.8. The highest BCUT2D eigenvalue weighted by atomic mass is 35.5. The fourth-order valence-corrected chi connectivity index (χ4v) is 3.88. The maximum absolute atomic E-state index is 12.6. The van der Waals surface area contributed by atoms with Crippen LogP contribution >= 0.6 is 11.6 Å². The highest BCUT2D eigenvalue weighted by Gasteiger charge is 2.30. The minimum atomic E-state index is 0.155. The molecule has 3 rings (SSSR count). The third-order valence-corrected chi connectivity index (χ3v) is 5.15. The number of nitrogens with one attached hydrogen (secondary N) is 1. The van der Waals surface area contributed by atoms with Crippen molar-refractivity contribution in [3.63, 3.8) is 0 Å². The molecule has 1 aromatic carbocycles. The lowest BCUT2D eigenvalue weighted by Crippen LogP contribution is -2.43. The first-order valence-corrected chi connectivity index (χ1v) is 8.32. The summed E-state index contributed by atoms with van der Waals surface area (Å²) in [6.45, 7) is 4.87. The molecule has 0 bridgehead atoms. The molecule has 3 nitrogen and oxygen atoms in total. The molecule has 2 aliphatic rings. The molecular formula is C17H23ClN2O. The van der Waals surface area contributed by atoms with E-state index in [2.05, 4.69) is 5.32 Å². The van der Waals surface area contributed by atoms with E-state index in [-0.39, 0.29) is 5.91 Å². The number of carbonyl (C=O) groups is 1.